The van der Waals surface area contributed by atoms with Gasteiger partial charge in [0.15, 0.2) is 0 Å². The molecule has 0 aliphatic carbocycles. The summed E-state index contributed by atoms with van der Waals surface area (Å²) in [5.41, 5.74) is 0.845. The zero-order valence-electron chi connectivity index (χ0n) is 9.51. The highest BCUT2D eigenvalue weighted by Crippen LogP contribution is 2.52. The molecule has 1 aromatic carbocycles. The predicted molar refractivity (Wildman–Crippen MR) is 60.7 cm³/mol. The summed E-state index contributed by atoms with van der Waals surface area (Å²) < 4.78 is 16.6. The molecule has 1 heterocycles. The molecule has 17 heavy (non-hydrogen) atoms. The van der Waals surface area contributed by atoms with E-state index >= 15 is 0 Å². The lowest BCUT2D eigenvalue weighted by Gasteiger charge is -2.19. The second kappa shape index (κ2) is 4.55. The van der Waals surface area contributed by atoms with Crippen molar-refractivity contribution in [2.75, 3.05) is 0 Å². The monoisotopic (exact) mass is 252 g/mol. The molecule has 0 spiro atoms. The van der Waals surface area contributed by atoms with Crippen LogP contribution in [0.2, 0.25) is 0 Å². The van der Waals surface area contributed by atoms with Gasteiger partial charge in [-0.25, -0.2) is 4.79 Å². The van der Waals surface area contributed by atoms with E-state index in [9.17, 15) is 14.3 Å². The zero-order chi connectivity index (χ0) is 12.5. The van der Waals surface area contributed by atoms with E-state index < -0.39 is 19.3 Å². The van der Waals surface area contributed by atoms with Gasteiger partial charge in [0, 0.05) is 6.42 Å². The van der Waals surface area contributed by atoms with Gasteiger partial charge in [-0.15, -0.1) is 0 Å². The molecule has 0 amide bonds. The fourth-order valence-corrected chi connectivity index (χ4v) is 2.98. The van der Waals surface area contributed by atoms with E-state index in [1.165, 1.54) is 0 Å². The van der Waals surface area contributed by atoms with E-state index in [-0.39, 0.29) is 0 Å². The number of hydrogen-bond acceptors (Lipinski definition) is 4. The Morgan fingerprint density at radius 2 is 2.12 bits per heavy atom. The molecule has 2 atom stereocenters. The highest BCUT2D eigenvalue weighted by Gasteiger charge is 2.55. The van der Waals surface area contributed by atoms with Crippen molar-refractivity contribution in [3.8, 4) is 0 Å². The van der Waals surface area contributed by atoms with E-state index in [2.05, 4.69) is 0 Å². The number of esters is 1. The van der Waals surface area contributed by atoms with E-state index in [4.69, 9.17) is 4.74 Å². The van der Waals surface area contributed by atoms with Gasteiger partial charge in [0.05, 0.1) is 11.1 Å². The van der Waals surface area contributed by atoms with Gasteiger partial charge in [0.2, 0.25) is 0 Å². The molecule has 2 unspecified atom stereocenters. The first-order valence-corrected chi connectivity index (χ1v) is 6.77. The average Bonchev–Trinajstić information content (AvgIpc) is 2.62. The van der Waals surface area contributed by atoms with E-state index in [1.54, 1.807) is 24.3 Å². The van der Waals surface area contributed by atoms with Crippen LogP contribution in [0.3, 0.4) is 0 Å². The number of ether oxygens (including phenoxy) is 1. The number of carbonyl (C=O) groups is 1. The maximum Gasteiger partial charge on any atom is 0.363 e. The number of unbranched alkanes of at least 4 members (excludes halogenated alkanes) is 1. The Morgan fingerprint density at radius 3 is 2.76 bits per heavy atom. The first-order chi connectivity index (χ1) is 8.12. The van der Waals surface area contributed by atoms with Crippen LogP contribution in [0.1, 0.15) is 42.1 Å². The summed E-state index contributed by atoms with van der Waals surface area (Å²) in [5.74, 6) is -0.545. The number of hydrogen-bond donors (Lipinski definition) is 0. The van der Waals surface area contributed by atoms with Gasteiger partial charge in [-0.2, -0.15) is 0 Å². The topological polar surface area (TPSA) is 66.4 Å². The first kappa shape index (κ1) is 12.2. The maximum absolute atomic E-state index is 11.7. The molecule has 1 aliphatic rings. The van der Waals surface area contributed by atoms with Crippen LogP contribution >= 0.6 is 8.03 Å². The number of carbonyl (C=O) groups excluding carboxylic acids is 1. The third-order valence-electron chi connectivity index (χ3n) is 2.99. The fourth-order valence-electron chi connectivity index (χ4n) is 2.09. The van der Waals surface area contributed by atoms with Crippen LogP contribution in [-0.4, -0.2) is 5.97 Å². The number of benzene rings is 1. The summed E-state index contributed by atoms with van der Waals surface area (Å²) in [7, 11) is -2.85. The van der Waals surface area contributed by atoms with Gasteiger partial charge >= 0.3 is 19.3 Å². The molecule has 0 N–H and O–H groups in total. The lowest BCUT2D eigenvalue weighted by molar-refractivity contribution is -0.180. The van der Waals surface area contributed by atoms with Crippen LogP contribution in [0.5, 0.6) is 0 Å². The molecular weight excluding hydrogens is 239 g/mol. The standard InChI is InChI=1S/C12H13O4P/c1-2-3-8-12(17(14)15)10-7-5-4-6-9(10)11(13)16-12/h4-7H,2-3,8H2,1H3. The molecule has 0 radical (unpaired) electrons. The number of rotatable bonds is 4. The summed E-state index contributed by atoms with van der Waals surface area (Å²) in [5, 5.41) is -1.45. The minimum absolute atomic E-state index is 0.324. The van der Waals surface area contributed by atoms with Crippen molar-refractivity contribution >= 4 is 14.0 Å². The molecule has 1 aliphatic heterocycles. The van der Waals surface area contributed by atoms with Crippen molar-refractivity contribution in [3.63, 3.8) is 0 Å². The Bertz CT molecular complexity index is 471. The van der Waals surface area contributed by atoms with E-state index in [1.807, 2.05) is 6.92 Å². The summed E-state index contributed by atoms with van der Waals surface area (Å²) in [6, 6.07) is 6.68. The summed E-state index contributed by atoms with van der Waals surface area (Å²) in [6.07, 6.45) is 1.88. The summed E-state index contributed by atoms with van der Waals surface area (Å²) in [6.45, 7) is 1.97. The fraction of sp³-hybridized carbons (Fsp3) is 0.417. The van der Waals surface area contributed by atoms with Gasteiger partial charge in [-0.3, -0.25) is 0 Å². The second-order valence-corrected chi connectivity index (χ2v) is 5.32. The van der Waals surface area contributed by atoms with Gasteiger partial charge in [0.1, 0.15) is 0 Å². The number of fused-ring (bicyclic) bond motifs is 1. The molecule has 0 saturated carbocycles. The smallest absolute Gasteiger partial charge is 0.363 e. The Hall–Kier alpha value is -1.25. The molecule has 2 rings (SSSR count). The Balaban J connectivity index is 2.49. The van der Waals surface area contributed by atoms with Gasteiger partial charge < -0.3 is 9.63 Å². The van der Waals surface area contributed by atoms with Crippen LogP contribution in [0.25, 0.3) is 0 Å². The van der Waals surface area contributed by atoms with Gasteiger partial charge in [-0.1, -0.05) is 30.0 Å². The maximum atomic E-state index is 11.7. The zero-order valence-corrected chi connectivity index (χ0v) is 10.4. The summed E-state index contributed by atoms with van der Waals surface area (Å²) in [4.78, 5) is 23.2. The molecule has 4 nitrogen and oxygen atoms in total. The lowest BCUT2D eigenvalue weighted by Crippen LogP contribution is -2.25. The van der Waals surface area contributed by atoms with Crippen LogP contribution in [0.15, 0.2) is 24.3 Å². The molecule has 90 valence electrons. The van der Waals surface area contributed by atoms with Crippen molar-refractivity contribution < 1.29 is 19.0 Å². The molecule has 0 saturated heterocycles. The second-order valence-electron chi connectivity index (χ2n) is 4.08. The van der Waals surface area contributed by atoms with Crippen molar-refractivity contribution in [2.45, 2.75) is 31.5 Å². The molecule has 5 heteroatoms. The molecular formula is C12H13O4P. The lowest BCUT2D eigenvalue weighted by atomic mass is 10.0. The minimum Gasteiger partial charge on any atom is -0.592 e. The largest absolute Gasteiger partial charge is 0.592 e. The predicted octanol–water partition coefficient (Wildman–Crippen LogP) is 2.30. The van der Waals surface area contributed by atoms with Crippen molar-refractivity contribution in [3.05, 3.63) is 35.4 Å². The SMILES string of the molecule is CCCCC1([P+](=O)[O-])OC(=O)c2ccccc21. The Labute approximate surface area is 100 Å². The van der Waals surface area contributed by atoms with Crippen molar-refractivity contribution in [1.29, 1.82) is 0 Å². The third-order valence-corrected chi connectivity index (χ3v) is 4.14. The molecule has 0 aromatic heterocycles. The minimum atomic E-state index is -2.85. The Morgan fingerprint density at radius 1 is 1.41 bits per heavy atom. The van der Waals surface area contributed by atoms with Gasteiger partial charge in [-0.05, 0) is 18.6 Å². The summed E-state index contributed by atoms with van der Waals surface area (Å²) >= 11 is 0. The van der Waals surface area contributed by atoms with Crippen LogP contribution in [-0.2, 0) is 14.6 Å². The van der Waals surface area contributed by atoms with Crippen LogP contribution in [0.4, 0.5) is 0 Å². The van der Waals surface area contributed by atoms with Gasteiger partial charge in [0.25, 0.3) is 0 Å². The van der Waals surface area contributed by atoms with Crippen molar-refractivity contribution in [1.82, 2.24) is 0 Å². The van der Waals surface area contributed by atoms with E-state index in [0.29, 0.717) is 24.0 Å². The third kappa shape index (κ3) is 1.88. The molecule has 0 bridgehead atoms. The Kier molecular flexibility index (Phi) is 3.27. The average molecular weight is 252 g/mol. The number of cyclic esters (lactones) is 1. The van der Waals surface area contributed by atoms with Crippen LogP contribution in [0, 0.1) is 0 Å². The normalized spacial score (nSPS) is 23.2. The quantitative estimate of drug-likeness (QED) is 0.609. The molecule has 1 aromatic rings. The van der Waals surface area contributed by atoms with Crippen molar-refractivity contribution in [2.24, 2.45) is 0 Å². The highest BCUT2D eigenvalue weighted by molar-refractivity contribution is 7.37. The van der Waals surface area contributed by atoms with E-state index in [0.717, 1.165) is 6.42 Å². The first-order valence-electron chi connectivity index (χ1n) is 5.59. The molecule has 0 fully saturated rings. The highest BCUT2D eigenvalue weighted by atomic mass is 31.1. The van der Waals surface area contributed by atoms with Crippen LogP contribution < -0.4 is 4.89 Å².